The molecule has 9 atom stereocenters. The Morgan fingerprint density at radius 3 is 2.24 bits per heavy atom. The number of allylic oxidation sites excluding steroid dienone is 2. The highest BCUT2D eigenvalue weighted by molar-refractivity contribution is 6.23. The van der Waals surface area contributed by atoms with Crippen LogP contribution < -0.4 is 10.1 Å². The SMILES string of the molecule is CO[C@H]1/C=C\O[C@@]2(C)Oc3c(C)c(O)c4c(O)c(c(/C=N\N5CCN(C)CC5)c(O)c4c3C2=O)NC(=O)/C(C)=C\C=C/[C@H](C)[C@H](O)[C@@H](C)[C@@H](O)[C@@H](C)[C@H](OC(C)=O)[C@@H]1C. The molecule has 2 aromatic rings. The number of phenols is 3. The van der Waals surface area contributed by atoms with E-state index in [0.29, 0.717) is 13.1 Å². The Morgan fingerprint density at radius 1 is 0.949 bits per heavy atom. The van der Waals surface area contributed by atoms with Crippen molar-refractivity contribution in [1.29, 1.82) is 0 Å². The Balaban J connectivity index is 1.70. The molecule has 0 aromatic heterocycles. The lowest BCUT2D eigenvalue weighted by Crippen LogP contribution is -2.46. The second-order valence-corrected chi connectivity index (χ2v) is 16.1. The first-order chi connectivity index (χ1) is 27.7. The van der Waals surface area contributed by atoms with E-state index in [1.54, 1.807) is 44.9 Å². The molecule has 5 bridgehead atoms. The fourth-order valence-corrected chi connectivity index (χ4v) is 7.92. The van der Waals surface area contributed by atoms with Gasteiger partial charge in [-0.25, -0.2) is 0 Å². The predicted molar refractivity (Wildman–Crippen MR) is 220 cm³/mol. The van der Waals surface area contributed by atoms with E-state index in [0.717, 1.165) is 13.1 Å². The maximum Gasteiger partial charge on any atom is 0.312 e. The van der Waals surface area contributed by atoms with Gasteiger partial charge >= 0.3 is 11.8 Å². The smallest absolute Gasteiger partial charge is 0.312 e. The number of anilines is 1. The molecule has 0 unspecified atom stereocenters. The monoisotopic (exact) mass is 822 g/mol. The zero-order valence-electron chi connectivity index (χ0n) is 35.3. The molecule has 59 heavy (non-hydrogen) atoms. The molecule has 1 amide bonds. The van der Waals surface area contributed by atoms with Crippen molar-refractivity contribution < 1.29 is 58.9 Å². The number of ketones is 1. The van der Waals surface area contributed by atoms with Crippen molar-refractivity contribution in [2.45, 2.75) is 85.6 Å². The number of esters is 1. The van der Waals surface area contributed by atoms with Crippen molar-refractivity contribution in [1.82, 2.24) is 9.91 Å². The van der Waals surface area contributed by atoms with Gasteiger partial charge in [-0.05, 0) is 27.0 Å². The minimum absolute atomic E-state index is 0.0559. The van der Waals surface area contributed by atoms with Crippen LogP contribution in [0.1, 0.15) is 70.0 Å². The van der Waals surface area contributed by atoms with Gasteiger partial charge in [0.15, 0.2) is 5.75 Å². The molecule has 4 aliphatic rings. The fraction of sp³-hybridized carbons (Fsp3) is 0.535. The number of ether oxygens (including phenoxy) is 4. The van der Waals surface area contributed by atoms with Crippen molar-refractivity contribution in [3.63, 3.8) is 0 Å². The first-order valence-corrected chi connectivity index (χ1v) is 19.8. The van der Waals surface area contributed by atoms with Crippen LogP contribution in [0.5, 0.6) is 23.0 Å². The van der Waals surface area contributed by atoms with E-state index in [9.17, 15) is 39.9 Å². The van der Waals surface area contributed by atoms with Crippen LogP contribution >= 0.6 is 0 Å². The quantitative estimate of drug-likeness (QED) is 0.109. The number of carbonyl (C=O) groups excluding carboxylic acids is 3. The minimum Gasteiger partial charge on any atom is -0.507 e. The first-order valence-electron chi connectivity index (χ1n) is 19.8. The zero-order chi connectivity index (χ0) is 43.7. The standard InChI is InChI=1S/C43H58N4O12/c1-21-12-11-13-22(2)42(55)45-33-28(20-44-47-17-15-46(9)16-18-47)37(52)30-31(38(33)53)36(51)26(6)40-32(30)41(54)43(8,59-40)57-19-14-29(56-10)23(3)39(58-27(7)48)25(5)35(50)24(4)34(21)49/h11-14,19-21,23-25,29,34-35,39,49-53H,15-18H2,1-10H3,(H,45,55)/b12-11-,19-14-,22-13-,44-20-/t21-,23+,24+,25+,29-,34-,35+,39+,43-/m0/s1. The molecule has 16 heteroatoms. The second kappa shape index (κ2) is 18.0. The summed E-state index contributed by atoms with van der Waals surface area (Å²) in [6, 6.07) is 0. The van der Waals surface area contributed by atoms with Crippen LogP contribution in [0.3, 0.4) is 0 Å². The summed E-state index contributed by atoms with van der Waals surface area (Å²) in [6.07, 6.45) is 4.86. The number of carbonyl (C=O) groups is 3. The summed E-state index contributed by atoms with van der Waals surface area (Å²) in [7, 11) is 3.42. The Kier molecular flexibility index (Phi) is 13.7. The zero-order valence-corrected chi connectivity index (χ0v) is 35.3. The lowest BCUT2D eigenvalue weighted by molar-refractivity contribution is -0.160. The third-order valence-corrected chi connectivity index (χ3v) is 11.9. The van der Waals surface area contributed by atoms with Crippen LogP contribution in [-0.4, -0.2) is 130 Å². The topological polar surface area (TPSA) is 220 Å². The molecule has 6 N–H and O–H groups in total. The third-order valence-electron chi connectivity index (χ3n) is 11.9. The van der Waals surface area contributed by atoms with Gasteiger partial charge in [0, 0.05) is 87.3 Å². The lowest BCUT2D eigenvalue weighted by atomic mass is 9.78. The molecular formula is C43H58N4O12. The number of Topliss-reactive ketones (excluding diaryl/α,β-unsaturated/α-hetero) is 1. The number of rotatable bonds is 4. The van der Waals surface area contributed by atoms with E-state index in [2.05, 4.69) is 15.3 Å². The summed E-state index contributed by atoms with van der Waals surface area (Å²) < 4.78 is 23.6. The van der Waals surface area contributed by atoms with Crippen LogP contribution in [0.25, 0.3) is 10.8 Å². The highest BCUT2D eigenvalue weighted by Crippen LogP contribution is 2.55. The number of aliphatic hydroxyl groups excluding tert-OH is 2. The normalized spacial score (nSPS) is 32.1. The summed E-state index contributed by atoms with van der Waals surface area (Å²) in [5.74, 6) is -8.34. The maximum absolute atomic E-state index is 14.4. The Labute approximate surface area is 344 Å². The van der Waals surface area contributed by atoms with Crippen molar-refractivity contribution in [2.24, 2.45) is 28.8 Å². The summed E-state index contributed by atoms with van der Waals surface area (Å²) >= 11 is 0. The van der Waals surface area contributed by atoms with Gasteiger partial charge in [-0.3, -0.25) is 19.4 Å². The molecule has 0 spiro atoms. The number of hydrogen-bond donors (Lipinski definition) is 6. The van der Waals surface area contributed by atoms with Crippen molar-refractivity contribution in [3.05, 3.63) is 52.8 Å². The van der Waals surface area contributed by atoms with E-state index in [-0.39, 0.29) is 44.5 Å². The number of nitrogens with one attached hydrogen (secondary N) is 1. The van der Waals surface area contributed by atoms with Crippen molar-refractivity contribution in [3.8, 4) is 23.0 Å². The van der Waals surface area contributed by atoms with Crippen LogP contribution in [0.2, 0.25) is 0 Å². The number of methoxy groups -OCH3 is 1. The molecule has 6 rings (SSSR count). The summed E-state index contributed by atoms with van der Waals surface area (Å²) in [5, 5.41) is 66.8. The number of hydrazone groups is 1. The van der Waals surface area contributed by atoms with Gasteiger partial charge in [-0.1, -0.05) is 45.9 Å². The molecule has 0 saturated carbocycles. The minimum atomic E-state index is -2.04. The first kappa shape index (κ1) is 44.9. The molecule has 1 fully saturated rings. The van der Waals surface area contributed by atoms with Gasteiger partial charge < -0.3 is 54.7 Å². The van der Waals surface area contributed by atoms with E-state index in [1.807, 2.05) is 7.05 Å². The van der Waals surface area contributed by atoms with Crippen LogP contribution in [0.15, 0.2) is 41.2 Å². The van der Waals surface area contributed by atoms with Crippen LogP contribution in [0, 0.1) is 30.6 Å². The number of aromatic hydroxyl groups is 3. The highest BCUT2D eigenvalue weighted by atomic mass is 16.7. The number of benzene rings is 2. The highest BCUT2D eigenvalue weighted by Gasteiger charge is 2.50. The van der Waals surface area contributed by atoms with Gasteiger partial charge in [-0.2, -0.15) is 5.10 Å². The fourth-order valence-electron chi connectivity index (χ4n) is 7.92. The third kappa shape index (κ3) is 8.91. The lowest BCUT2D eigenvalue weighted by Gasteiger charge is -2.38. The van der Waals surface area contributed by atoms with Crippen LogP contribution in [0.4, 0.5) is 5.69 Å². The number of likely N-dealkylation sites (N-methyl/N-ethyl adjacent to an activating group) is 1. The van der Waals surface area contributed by atoms with E-state index in [1.165, 1.54) is 59.4 Å². The summed E-state index contributed by atoms with van der Waals surface area (Å²) in [4.78, 5) is 42.6. The summed E-state index contributed by atoms with van der Waals surface area (Å²) in [6.45, 7) is 15.1. The molecule has 4 heterocycles. The molecule has 2 aromatic carbocycles. The van der Waals surface area contributed by atoms with Gasteiger partial charge in [-0.15, -0.1) is 0 Å². The summed E-state index contributed by atoms with van der Waals surface area (Å²) in [5.41, 5.74) is -0.350. The van der Waals surface area contributed by atoms with Gasteiger partial charge in [0.1, 0.15) is 23.4 Å². The Morgan fingerprint density at radius 2 is 1.61 bits per heavy atom. The molecule has 1 saturated heterocycles. The van der Waals surface area contributed by atoms with Gasteiger partial charge in [0.25, 0.3) is 11.7 Å². The number of piperazine rings is 1. The predicted octanol–water partition coefficient (Wildman–Crippen LogP) is 4.34. The van der Waals surface area contributed by atoms with E-state index < -0.39 is 88.8 Å². The molecule has 0 aliphatic carbocycles. The number of hydrogen-bond acceptors (Lipinski definition) is 15. The largest absolute Gasteiger partial charge is 0.507 e. The maximum atomic E-state index is 14.4. The van der Waals surface area contributed by atoms with Crippen molar-refractivity contribution >= 4 is 40.3 Å². The van der Waals surface area contributed by atoms with Gasteiger partial charge in [0.2, 0.25) is 0 Å². The molecule has 4 aliphatic heterocycles. The average molecular weight is 823 g/mol. The van der Waals surface area contributed by atoms with E-state index >= 15 is 0 Å². The number of nitrogens with zero attached hydrogens (tertiary/aromatic N) is 3. The number of aliphatic hydroxyl groups is 2. The molecular weight excluding hydrogens is 764 g/mol. The Hall–Kier alpha value is -5.16. The van der Waals surface area contributed by atoms with E-state index in [4.69, 9.17) is 18.9 Å². The molecule has 16 nitrogen and oxygen atoms in total. The van der Waals surface area contributed by atoms with Gasteiger partial charge in [0.05, 0.1) is 53.0 Å². The molecule has 0 radical (unpaired) electrons. The van der Waals surface area contributed by atoms with Crippen molar-refractivity contribution in [2.75, 3.05) is 45.7 Å². The Bertz CT molecular complexity index is 2070. The number of phenolic OH excluding ortho intramolecular Hbond substituents is 3. The van der Waals surface area contributed by atoms with Crippen LogP contribution in [-0.2, 0) is 23.8 Å². The molecule has 322 valence electrons. The average Bonchev–Trinajstić information content (AvgIpc) is 3.46. The number of amides is 1. The second-order valence-electron chi connectivity index (χ2n) is 16.1. The number of fused-ring (bicyclic) bond motifs is 14.